The molecule has 0 amide bonds. The second kappa shape index (κ2) is 13.7. The van der Waals surface area contributed by atoms with Crippen LogP contribution in [0.15, 0.2) is 41.5 Å². The zero-order chi connectivity index (χ0) is 15.0. The van der Waals surface area contributed by atoms with Crippen LogP contribution in [0.4, 0.5) is 5.82 Å². The number of ether oxygens (including phenoxy) is 1. The number of pyridine rings is 1. The third kappa shape index (κ3) is 7.21. The van der Waals surface area contributed by atoms with E-state index in [1.165, 1.54) is 31.7 Å². The zero-order valence-corrected chi connectivity index (χ0v) is 14.3. The molecule has 2 aromatic rings. The maximum Gasteiger partial charge on any atom is 0.143 e. The van der Waals surface area contributed by atoms with E-state index in [1.807, 2.05) is 0 Å². The number of para-hydroxylation sites is 1. The minimum Gasteiger partial charge on any atom is -2.00 e. The number of aliphatic hydroxyl groups excluding tert-OH is 1. The van der Waals surface area contributed by atoms with Gasteiger partial charge >= 0.3 is 0 Å². The summed E-state index contributed by atoms with van der Waals surface area (Å²) >= 11 is 0. The molecule has 0 unspecified atom stereocenters. The predicted molar refractivity (Wildman–Crippen MR) is 72.9 cm³/mol. The molecule has 1 heterocycles. The zero-order valence-electron chi connectivity index (χ0n) is 12.3. The number of rotatable bonds is 3. The number of nitrogens with zero attached hydrogens (tertiary/aromatic N) is 2. The number of aliphatic hydroxyl groups is 1. The third-order valence-corrected chi connectivity index (χ3v) is 2.31. The number of aliphatic imine (C=N–C) groups is 1. The first-order chi connectivity index (χ1) is 9.72. The van der Waals surface area contributed by atoms with Crippen molar-refractivity contribution >= 4 is 12.0 Å². The van der Waals surface area contributed by atoms with E-state index in [9.17, 15) is 10.2 Å². The van der Waals surface area contributed by atoms with E-state index in [2.05, 4.69) is 9.98 Å². The molecule has 1 N–H and O–H groups in total. The minimum absolute atomic E-state index is 0. The summed E-state index contributed by atoms with van der Waals surface area (Å²) < 4.78 is 4.91. The van der Waals surface area contributed by atoms with Crippen LogP contribution in [0.25, 0.3) is 0 Å². The molecule has 0 radical (unpaired) electrons. The number of benzene rings is 1. The Bertz CT molecular complexity index is 595. The topological polar surface area (TPSA) is 158 Å². The minimum atomic E-state index is -0.288. The molecule has 0 atom stereocenters. The number of aromatic nitrogens is 1. The van der Waals surface area contributed by atoms with Gasteiger partial charge < -0.3 is 31.0 Å². The van der Waals surface area contributed by atoms with E-state index in [1.54, 1.807) is 18.2 Å². The normalized spacial score (nSPS) is 8.65. The molecule has 2 rings (SSSR count). The molecule has 0 spiro atoms. The van der Waals surface area contributed by atoms with Gasteiger partial charge in [0, 0.05) is 40.6 Å². The van der Waals surface area contributed by atoms with Crippen LogP contribution < -0.4 is 14.9 Å². The van der Waals surface area contributed by atoms with Crippen LogP contribution in [0, 0.1) is 0 Å². The van der Waals surface area contributed by atoms with Crippen LogP contribution in [0.2, 0.25) is 0 Å². The average molecular weight is 402 g/mol. The van der Waals surface area contributed by atoms with Crippen molar-refractivity contribution in [2.45, 2.75) is 0 Å². The fourth-order valence-corrected chi connectivity index (χ4v) is 1.41. The van der Waals surface area contributed by atoms with Crippen molar-refractivity contribution in [2.75, 3.05) is 14.2 Å². The standard InChI is InChI=1S/C13H12N2O3.CH4O.Mo.2O/c1-18-11-6-2-4-9(12(11)17)8-15-13-10(16)5-3-7-14-13;1-2;;;/h2-8,16-17H,1H3;2H,1H3;;;/q;;;2*-2/p-2/b15-8+;;;;. The van der Waals surface area contributed by atoms with Gasteiger partial charge in [0.2, 0.25) is 0 Å². The fraction of sp³-hybridized carbons (Fsp3) is 0.143. The van der Waals surface area contributed by atoms with Gasteiger partial charge in [-0.05, 0) is 17.7 Å². The molecule has 0 fully saturated rings. The van der Waals surface area contributed by atoms with E-state index in [-0.39, 0.29) is 55.1 Å². The van der Waals surface area contributed by atoms with Crippen molar-refractivity contribution < 1.29 is 52.1 Å². The first-order valence-electron chi connectivity index (χ1n) is 5.67. The number of methoxy groups -OCH3 is 1. The Morgan fingerprint density at radius 3 is 2.35 bits per heavy atom. The van der Waals surface area contributed by atoms with Gasteiger partial charge in [-0.25, -0.2) is 9.98 Å². The molecule has 0 aliphatic carbocycles. The van der Waals surface area contributed by atoms with Gasteiger partial charge in [0.15, 0.2) is 0 Å². The van der Waals surface area contributed by atoms with Gasteiger partial charge in [-0.3, -0.25) is 0 Å². The van der Waals surface area contributed by atoms with Crippen molar-refractivity contribution in [3.63, 3.8) is 0 Å². The summed E-state index contributed by atoms with van der Waals surface area (Å²) in [6.45, 7) is 0. The van der Waals surface area contributed by atoms with Gasteiger partial charge in [-0.2, -0.15) is 0 Å². The van der Waals surface area contributed by atoms with Gasteiger partial charge in [0.25, 0.3) is 0 Å². The molecule has 8 nitrogen and oxygen atoms in total. The van der Waals surface area contributed by atoms with Crippen molar-refractivity contribution in [1.82, 2.24) is 4.98 Å². The summed E-state index contributed by atoms with van der Waals surface area (Å²) in [5, 5.41) is 30.2. The Balaban J connectivity index is -0.000000770. The Hall–Kier alpha value is -1.99. The SMILES string of the molecule is CO.COc1cccc(/C=N/c2ncccc2[O-])c1[O-].[Mo].[O-2].[O-2]. The maximum atomic E-state index is 11.8. The summed E-state index contributed by atoms with van der Waals surface area (Å²) in [7, 11) is 2.42. The molecule has 0 bridgehead atoms. The molecule has 0 saturated heterocycles. The smallest absolute Gasteiger partial charge is 0.143 e. The van der Waals surface area contributed by atoms with Crippen LogP contribution >= 0.6 is 0 Å². The fourth-order valence-electron chi connectivity index (χ4n) is 1.41. The Morgan fingerprint density at radius 2 is 1.78 bits per heavy atom. The molecular weight excluding hydrogens is 388 g/mol. The van der Waals surface area contributed by atoms with Crippen LogP contribution in [0.3, 0.4) is 0 Å². The van der Waals surface area contributed by atoms with E-state index in [0.29, 0.717) is 5.56 Å². The van der Waals surface area contributed by atoms with Crippen molar-refractivity contribution in [2.24, 2.45) is 4.99 Å². The molecular formula is C14H14MoN2O6-6. The van der Waals surface area contributed by atoms with E-state index in [4.69, 9.17) is 9.84 Å². The first kappa shape index (κ1) is 25.9. The Morgan fingerprint density at radius 1 is 1.13 bits per heavy atom. The van der Waals surface area contributed by atoms with Crippen LogP contribution in [-0.4, -0.2) is 30.5 Å². The molecule has 0 aliphatic heterocycles. The summed E-state index contributed by atoms with van der Waals surface area (Å²) in [6, 6.07) is 7.74. The predicted octanol–water partition coefficient (Wildman–Crippen LogP) is 0.356. The Kier molecular flexibility index (Phi) is 15.4. The van der Waals surface area contributed by atoms with Crippen LogP contribution in [0.1, 0.15) is 5.56 Å². The monoisotopic (exact) mass is 404 g/mol. The average Bonchev–Trinajstić information content (AvgIpc) is 2.50. The van der Waals surface area contributed by atoms with Gasteiger partial charge in [0.1, 0.15) is 11.6 Å². The van der Waals surface area contributed by atoms with Crippen molar-refractivity contribution in [3.8, 4) is 17.2 Å². The largest absolute Gasteiger partial charge is 2.00 e. The molecule has 1 aromatic carbocycles. The summed E-state index contributed by atoms with van der Waals surface area (Å²) in [4.78, 5) is 7.73. The van der Waals surface area contributed by atoms with E-state index in [0.717, 1.165) is 7.11 Å². The van der Waals surface area contributed by atoms with Crippen LogP contribution in [0.5, 0.6) is 17.2 Å². The molecule has 1 aromatic heterocycles. The van der Waals surface area contributed by atoms with E-state index < -0.39 is 0 Å². The van der Waals surface area contributed by atoms with Gasteiger partial charge in [-0.1, -0.05) is 29.7 Å². The number of hydrogen-bond donors (Lipinski definition) is 1. The Labute approximate surface area is 148 Å². The van der Waals surface area contributed by atoms with E-state index >= 15 is 0 Å². The molecule has 0 saturated carbocycles. The summed E-state index contributed by atoms with van der Waals surface area (Å²) in [5.74, 6) is -0.265. The second-order valence-corrected chi connectivity index (χ2v) is 3.46. The summed E-state index contributed by atoms with van der Waals surface area (Å²) in [5.41, 5.74) is 0.347. The van der Waals surface area contributed by atoms with Gasteiger partial charge in [-0.15, -0.1) is 0 Å². The molecule has 0 aliphatic rings. The molecule has 128 valence electrons. The first-order valence-corrected chi connectivity index (χ1v) is 5.67. The van der Waals surface area contributed by atoms with Crippen molar-refractivity contribution in [1.29, 1.82) is 0 Å². The molecule has 23 heavy (non-hydrogen) atoms. The molecule has 9 heteroatoms. The number of hydrogen-bond acceptors (Lipinski definition) is 6. The van der Waals surface area contributed by atoms with Crippen molar-refractivity contribution in [3.05, 3.63) is 42.1 Å². The maximum absolute atomic E-state index is 11.8. The van der Waals surface area contributed by atoms with Crippen LogP contribution in [-0.2, 0) is 32.0 Å². The van der Waals surface area contributed by atoms with Gasteiger partial charge in [0.05, 0.1) is 7.11 Å². The second-order valence-electron chi connectivity index (χ2n) is 3.46. The summed E-state index contributed by atoms with van der Waals surface area (Å²) in [6.07, 6.45) is 2.78. The quantitative estimate of drug-likeness (QED) is 0.579. The third-order valence-electron chi connectivity index (χ3n) is 2.31.